The average molecular weight is 311 g/mol. The number of hydrogen-bond acceptors (Lipinski definition) is 4. The number of ether oxygens (including phenoxy) is 1. The smallest absolute Gasteiger partial charge is 0.335 e. The fraction of sp³-hybridized carbons (Fsp3) is 0.176. The minimum atomic E-state index is -0.971. The number of aromatic carboxylic acids is 1. The lowest BCUT2D eigenvalue weighted by atomic mass is 10.2. The molecule has 0 radical (unpaired) electrons. The number of carboxylic acid groups (broad SMARTS) is 1. The van der Waals surface area contributed by atoms with E-state index in [1.165, 1.54) is 12.1 Å². The lowest BCUT2D eigenvalue weighted by Gasteiger charge is -2.10. The maximum absolute atomic E-state index is 10.9. The molecule has 0 bridgehead atoms. The third-order valence-electron chi connectivity index (χ3n) is 3.18. The second kappa shape index (κ2) is 6.83. The molecular weight excluding hydrogens is 296 g/mol. The highest BCUT2D eigenvalue weighted by atomic mass is 16.5. The molecule has 1 N–H and O–H groups in total. The quantitative estimate of drug-likeness (QED) is 0.666. The van der Waals surface area contributed by atoms with Crippen LogP contribution in [0.5, 0.6) is 5.75 Å². The summed E-state index contributed by atoms with van der Waals surface area (Å²) in [7, 11) is 0. The molecule has 23 heavy (non-hydrogen) atoms. The lowest BCUT2D eigenvalue weighted by molar-refractivity contribution is 0.0696. The molecule has 0 amide bonds. The van der Waals surface area contributed by atoms with Crippen LogP contribution in [0, 0.1) is 0 Å². The van der Waals surface area contributed by atoms with Crippen molar-refractivity contribution in [3.63, 3.8) is 0 Å². The zero-order valence-corrected chi connectivity index (χ0v) is 12.3. The summed E-state index contributed by atoms with van der Waals surface area (Å²) in [5.41, 5.74) is 1.71. The van der Waals surface area contributed by atoms with Crippen molar-refractivity contribution >= 4 is 23.1 Å². The molecule has 6 nitrogen and oxygen atoms in total. The van der Waals surface area contributed by atoms with E-state index < -0.39 is 5.97 Å². The Balaban J connectivity index is 1.45. The van der Waals surface area contributed by atoms with Crippen LogP contribution in [0.3, 0.4) is 0 Å². The van der Waals surface area contributed by atoms with Gasteiger partial charge in [0.05, 0.1) is 12.2 Å². The third kappa shape index (κ3) is 3.79. The van der Waals surface area contributed by atoms with Gasteiger partial charge in [0.2, 0.25) is 0 Å². The molecule has 0 unspecified atom stereocenters. The molecule has 6 heteroatoms. The van der Waals surface area contributed by atoms with Crippen molar-refractivity contribution in [2.24, 2.45) is 0 Å². The number of aromatic nitrogens is 1. The standard InChI is InChI=1S/C17H16N2O4/c20-16(21)12-5-3-6-13(11-12)22-10-4-9-18-17-19-14-7-1-2-8-15(14)23-17/h1-3,5-8,11H,4,9-10H2,(H2,18,19,20,21)/p-1. The van der Waals surface area contributed by atoms with E-state index in [2.05, 4.69) is 10.3 Å². The Bertz CT molecular complexity index is 780. The first-order valence-electron chi connectivity index (χ1n) is 7.21. The van der Waals surface area contributed by atoms with E-state index in [1.807, 2.05) is 24.3 Å². The topological polar surface area (TPSA) is 86.7 Å². The largest absolute Gasteiger partial charge is 0.494 e. The van der Waals surface area contributed by atoms with Gasteiger partial charge in [0.25, 0.3) is 0 Å². The molecular formula is C17H15N2O4-. The predicted octanol–water partition coefficient (Wildman–Crippen LogP) is 4.00. The van der Waals surface area contributed by atoms with Crippen LogP contribution in [-0.2, 0) is 0 Å². The summed E-state index contributed by atoms with van der Waals surface area (Å²) < 4.78 is 11.0. The molecule has 1 aromatic heterocycles. The van der Waals surface area contributed by atoms with Gasteiger partial charge in [-0.15, -0.1) is 0 Å². The minimum Gasteiger partial charge on any atom is -0.494 e. The highest BCUT2D eigenvalue weighted by molar-refractivity contribution is 5.88. The highest BCUT2D eigenvalue weighted by Crippen LogP contribution is 2.23. The van der Waals surface area contributed by atoms with Gasteiger partial charge in [0, 0.05) is 5.52 Å². The molecule has 0 fully saturated rings. The Hall–Kier alpha value is -3.02. The molecule has 0 aliphatic carbocycles. The molecule has 0 atom stereocenters. The predicted molar refractivity (Wildman–Crippen MR) is 85.4 cm³/mol. The van der Waals surface area contributed by atoms with E-state index in [0.717, 1.165) is 5.52 Å². The summed E-state index contributed by atoms with van der Waals surface area (Å²) in [6.07, 6.45) is 0.677. The fourth-order valence-corrected chi connectivity index (χ4v) is 2.08. The van der Waals surface area contributed by atoms with E-state index >= 15 is 0 Å². The van der Waals surface area contributed by atoms with Crippen molar-refractivity contribution in [2.75, 3.05) is 13.2 Å². The van der Waals surface area contributed by atoms with E-state index in [0.29, 0.717) is 36.9 Å². The van der Waals surface area contributed by atoms with E-state index in [9.17, 15) is 4.79 Å². The van der Waals surface area contributed by atoms with Crippen LogP contribution >= 0.6 is 0 Å². The molecule has 3 rings (SSSR count). The molecule has 1 heterocycles. The number of fused-ring (bicyclic) bond motifs is 1. The van der Waals surface area contributed by atoms with E-state index in [4.69, 9.17) is 14.3 Å². The molecule has 0 spiro atoms. The first-order chi connectivity index (χ1) is 11.2. The molecule has 0 saturated carbocycles. The maximum atomic E-state index is 10.9. The molecule has 3 aromatic rings. The minimum absolute atomic E-state index is 0.207. The van der Waals surface area contributed by atoms with Crippen LogP contribution in [-0.4, -0.2) is 29.2 Å². The number of hydrogen-bond donors (Lipinski definition) is 1. The van der Waals surface area contributed by atoms with Crippen LogP contribution in [0.2, 0.25) is 0 Å². The number of benzene rings is 2. The van der Waals surface area contributed by atoms with Gasteiger partial charge in [-0.1, -0.05) is 24.3 Å². The monoisotopic (exact) mass is 311 g/mol. The average Bonchev–Trinajstić information content (AvgIpc) is 2.97. The third-order valence-corrected chi connectivity index (χ3v) is 3.18. The number of para-hydroxylation sites is 2. The summed E-state index contributed by atoms with van der Waals surface area (Å²) in [6.45, 7) is 0.957. The summed E-state index contributed by atoms with van der Waals surface area (Å²) in [5, 5.41) is 13.2. The van der Waals surface area contributed by atoms with Crippen molar-refractivity contribution in [3.8, 4) is 5.75 Å². The zero-order valence-electron chi connectivity index (χ0n) is 12.3. The van der Waals surface area contributed by atoms with Crippen LogP contribution in [0.25, 0.3) is 16.4 Å². The number of nitrogens with zero attached hydrogens (tertiary/aromatic N) is 2. The SMILES string of the molecule is O=C(O)c1cccc(OCCC[N-]c2nc3ccccc3o2)c1. The molecule has 118 valence electrons. The zero-order chi connectivity index (χ0) is 16.1. The molecule has 0 aliphatic heterocycles. The fourth-order valence-electron chi connectivity index (χ4n) is 2.08. The summed E-state index contributed by atoms with van der Waals surface area (Å²) >= 11 is 0. The Morgan fingerprint density at radius 3 is 2.91 bits per heavy atom. The lowest BCUT2D eigenvalue weighted by Crippen LogP contribution is -2.01. The first-order valence-corrected chi connectivity index (χ1v) is 7.21. The number of rotatable bonds is 7. The number of oxazole rings is 1. The Morgan fingerprint density at radius 2 is 2.09 bits per heavy atom. The molecule has 0 saturated heterocycles. The Morgan fingerprint density at radius 1 is 1.22 bits per heavy atom. The Kier molecular flexibility index (Phi) is 4.42. The Labute approximate surface area is 132 Å². The molecule has 0 aliphatic rings. The van der Waals surface area contributed by atoms with Gasteiger partial charge in [0.1, 0.15) is 17.3 Å². The normalized spacial score (nSPS) is 10.6. The van der Waals surface area contributed by atoms with Crippen LogP contribution < -0.4 is 4.74 Å². The highest BCUT2D eigenvalue weighted by Gasteiger charge is 2.03. The summed E-state index contributed by atoms with van der Waals surface area (Å²) in [6, 6.07) is 14.3. The van der Waals surface area contributed by atoms with Gasteiger partial charge in [-0.05, 0) is 37.2 Å². The second-order valence-electron chi connectivity index (χ2n) is 4.88. The van der Waals surface area contributed by atoms with Gasteiger partial charge in [-0.3, -0.25) is 0 Å². The van der Waals surface area contributed by atoms with E-state index in [1.54, 1.807) is 12.1 Å². The second-order valence-corrected chi connectivity index (χ2v) is 4.88. The van der Waals surface area contributed by atoms with Crippen molar-refractivity contribution in [1.82, 2.24) is 4.98 Å². The number of carboxylic acids is 1. The first kappa shape index (κ1) is 14.9. The van der Waals surface area contributed by atoms with Gasteiger partial charge < -0.3 is 24.6 Å². The van der Waals surface area contributed by atoms with Gasteiger partial charge in [-0.25, -0.2) is 4.79 Å². The summed E-state index contributed by atoms with van der Waals surface area (Å²) in [5.74, 6) is -0.437. The number of carbonyl (C=O) groups is 1. The van der Waals surface area contributed by atoms with Crippen LogP contribution in [0.1, 0.15) is 16.8 Å². The van der Waals surface area contributed by atoms with Crippen molar-refractivity contribution in [3.05, 3.63) is 59.4 Å². The van der Waals surface area contributed by atoms with E-state index in [-0.39, 0.29) is 5.56 Å². The molecule has 2 aromatic carbocycles. The van der Waals surface area contributed by atoms with Gasteiger partial charge in [-0.2, -0.15) is 0 Å². The van der Waals surface area contributed by atoms with Crippen LogP contribution in [0.15, 0.2) is 52.9 Å². The maximum Gasteiger partial charge on any atom is 0.335 e. The summed E-state index contributed by atoms with van der Waals surface area (Å²) in [4.78, 5) is 15.1. The van der Waals surface area contributed by atoms with Gasteiger partial charge >= 0.3 is 5.97 Å². The van der Waals surface area contributed by atoms with Crippen molar-refractivity contribution < 1.29 is 19.1 Å². The van der Waals surface area contributed by atoms with Crippen molar-refractivity contribution in [1.29, 1.82) is 0 Å². The van der Waals surface area contributed by atoms with Crippen molar-refractivity contribution in [2.45, 2.75) is 6.42 Å². The van der Waals surface area contributed by atoms with Gasteiger partial charge in [0.15, 0.2) is 0 Å². The van der Waals surface area contributed by atoms with Crippen LogP contribution in [0.4, 0.5) is 6.01 Å².